The molecular weight excluding hydrogens is 392 g/mol. The first kappa shape index (κ1) is 19.3. The summed E-state index contributed by atoms with van der Waals surface area (Å²) < 4.78 is 29.0. The summed E-state index contributed by atoms with van der Waals surface area (Å²) >= 11 is 0. The van der Waals surface area contributed by atoms with Gasteiger partial charge in [-0.25, -0.2) is 9.03 Å². The van der Waals surface area contributed by atoms with Crippen molar-refractivity contribution in [1.29, 1.82) is 0 Å². The van der Waals surface area contributed by atoms with Gasteiger partial charge < -0.3 is 5.11 Å². The van der Waals surface area contributed by atoms with E-state index in [4.69, 9.17) is 0 Å². The van der Waals surface area contributed by atoms with Crippen LogP contribution in [0.15, 0.2) is 36.4 Å². The van der Waals surface area contributed by atoms with E-state index in [2.05, 4.69) is 11.2 Å². The summed E-state index contributed by atoms with van der Waals surface area (Å²) in [5, 5.41) is 16.4. The van der Waals surface area contributed by atoms with Gasteiger partial charge in [0.15, 0.2) is 0 Å². The summed E-state index contributed by atoms with van der Waals surface area (Å²) in [6.07, 6.45) is 1.75. The number of hydrogen-bond acceptors (Lipinski definition) is 5. The van der Waals surface area contributed by atoms with Crippen molar-refractivity contribution in [3.8, 4) is 5.75 Å². The van der Waals surface area contributed by atoms with E-state index in [0.717, 1.165) is 51.4 Å². The number of benzene rings is 2. The average molecular weight is 414 g/mol. The third-order valence-corrected chi connectivity index (χ3v) is 6.42. The lowest BCUT2D eigenvalue weighted by molar-refractivity contribution is -0.117. The van der Waals surface area contributed by atoms with Crippen LogP contribution < -0.4 is 9.03 Å². The van der Waals surface area contributed by atoms with E-state index >= 15 is 0 Å². The molecule has 1 aliphatic rings. The number of anilines is 1. The first-order chi connectivity index (χ1) is 13.7. The molecule has 0 bridgehead atoms. The molecule has 9 heteroatoms. The van der Waals surface area contributed by atoms with Crippen LogP contribution in [0.3, 0.4) is 0 Å². The number of nitrogens with one attached hydrogen (secondary N) is 1. The maximum Gasteiger partial charge on any atom is 0.326 e. The lowest BCUT2D eigenvalue weighted by Crippen LogP contribution is -2.29. The third kappa shape index (κ3) is 3.77. The minimum absolute atomic E-state index is 0.0932. The second-order valence-electron chi connectivity index (χ2n) is 7.31. The molecule has 2 N–H and O–H groups in total. The summed E-state index contributed by atoms with van der Waals surface area (Å²) in [7, 11) is -3.97. The molecule has 1 amide bonds. The summed E-state index contributed by atoms with van der Waals surface area (Å²) in [5.74, 6) is -0.808. The zero-order valence-corrected chi connectivity index (χ0v) is 17.0. The molecule has 2 aromatic carbocycles. The number of hydrogen-bond donors (Lipinski definition) is 2. The number of aryl methyl sites for hydroxylation is 4. The van der Waals surface area contributed by atoms with Crippen molar-refractivity contribution in [2.75, 3.05) is 10.8 Å². The van der Waals surface area contributed by atoms with Gasteiger partial charge in [-0.3, -0.25) is 9.48 Å². The molecule has 1 fully saturated rings. The lowest BCUT2D eigenvalue weighted by Gasteiger charge is -2.17. The van der Waals surface area contributed by atoms with E-state index in [1.54, 1.807) is 6.07 Å². The number of amides is 1. The van der Waals surface area contributed by atoms with Crippen LogP contribution in [0, 0.1) is 13.8 Å². The van der Waals surface area contributed by atoms with E-state index in [0.29, 0.717) is 0 Å². The maximum atomic E-state index is 12.1. The number of aromatic nitrogens is 2. The number of nitrogens with zero attached hydrogens (tertiary/aromatic N) is 3. The second kappa shape index (κ2) is 7.07. The molecule has 0 saturated carbocycles. The predicted molar refractivity (Wildman–Crippen MR) is 110 cm³/mol. The Balaban J connectivity index is 1.57. The Morgan fingerprint density at radius 1 is 1.14 bits per heavy atom. The van der Waals surface area contributed by atoms with Crippen LogP contribution in [-0.4, -0.2) is 35.8 Å². The first-order valence-electron chi connectivity index (χ1n) is 9.33. The van der Waals surface area contributed by atoms with Gasteiger partial charge in [0.05, 0.1) is 11.4 Å². The molecule has 4 rings (SSSR count). The van der Waals surface area contributed by atoms with Crippen LogP contribution in [0.4, 0.5) is 5.69 Å². The standard InChI is InChI=1S/C20H22N4O4S/c1-13-8-14(2)23(21-13)7-3-4-15-5-6-16-11-19(25)18(10-17(16)9-15)24-12-20(26)22-29(24,27)28/h5-6,8-11,25H,3-4,7,12H2,1-2H3,(H,22,26). The average Bonchev–Trinajstić information content (AvgIpc) is 3.10. The van der Waals surface area contributed by atoms with Crippen molar-refractivity contribution in [3.63, 3.8) is 0 Å². The van der Waals surface area contributed by atoms with E-state index < -0.39 is 16.1 Å². The number of carbonyl (C=O) groups is 1. The van der Waals surface area contributed by atoms with Crippen molar-refractivity contribution in [1.82, 2.24) is 14.5 Å². The van der Waals surface area contributed by atoms with Gasteiger partial charge in [-0.15, -0.1) is 0 Å². The smallest absolute Gasteiger partial charge is 0.326 e. The molecule has 152 valence electrons. The SMILES string of the molecule is Cc1cc(C)n(CCCc2ccc3cc(O)c(N4CC(=O)NS4(=O)=O)cc3c2)n1. The Kier molecular flexibility index (Phi) is 4.70. The Morgan fingerprint density at radius 2 is 1.93 bits per heavy atom. The van der Waals surface area contributed by atoms with E-state index in [1.165, 1.54) is 6.07 Å². The summed E-state index contributed by atoms with van der Waals surface area (Å²) in [6.45, 7) is 4.49. The molecule has 8 nitrogen and oxygen atoms in total. The molecule has 3 aromatic rings. The monoisotopic (exact) mass is 414 g/mol. The highest BCUT2D eigenvalue weighted by Crippen LogP contribution is 2.35. The zero-order chi connectivity index (χ0) is 20.8. The van der Waals surface area contributed by atoms with Gasteiger partial charge >= 0.3 is 10.2 Å². The minimum atomic E-state index is -3.97. The largest absolute Gasteiger partial charge is 0.506 e. The third-order valence-electron chi connectivity index (χ3n) is 5.03. The summed E-state index contributed by atoms with van der Waals surface area (Å²) in [6, 6.07) is 11.1. The van der Waals surface area contributed by atoms with Crippen molar-refractivity contribution >= 4 is 32.6 Å². The number of carbonyl (C=O) groups excluding carboxylic acids is 1. The highest BCUT2D eigenvalue weighted by Gasteiger charge is 2.35. The molecule has 2 heterocycles. The van der Waals surface area contributed by atoms with Gasteiger partial charge in [0.25, 0.3) is 5.91 Å². The van der Waals surface area contributed by atoms with Crippen LogP contribution in [0.1, 0.15) is 23.4 Å². The molecule has 1 saturated heterocycles. The van der Waals surface area contributed by atoms with Crippen molar-refractivity contribution in [3.05, 3.63) is 53.3 Å². The molecule has 0 aliphatic carbocycles. The highest BCUT2D eigenvalue weighted by atomic mass is 32.2. The van der Waals surface area contributed by atoms with Gasteiger partial charge in [0, 0.05) is 12.2 Å². The molecule has 1 aliphatic heterocycles. The Labute approximate surface area is 168 Å². The number of fused-ring (bicyclic) bond motifs is 1. The molecule has 1 aromatic heterocycles. The van der Waals surface area contributed by atoms with Crippen LogP contribution in [0.25, 0.3) is 10.8 Å². The van der Waals surface area contributed by atoms with Gasteiger partial charge in [-0.2, -0.15) is 13.5 Å². The fourth-order valence-electron chi connectivity index (χ4n) is 3.67. The highest BCUT2D eigenvalue weighted by molar-refractivity contribution is 7.92. The molecular formula is C20H22N4O4S. The zero-order valence-electron chi connectivity index (χ0n) is 16.2. The number of aromatic hydroxyl groups is 1. The van der Waals surface area contributed by atoms with Gasteiger partial charge in [-0.1, -0.05) is 18.2 Å². The quantitative estimate of drug-likeness (QED) is 0.666. The van der Waals surface area contributed by atoms with Crippen LogP contribution in [0.5, 0.6) is 5.75 Å². The van der Waals surface area contributed by atoms with Crippen LogP contribution in [-0.2, 0) is 28.0 Å². The van der Waals surface area contributed by atoms with E-state index in [1.807, 2.05) is 41.5 Å². The lowest BCUT2D eigenvalue weighted by atomic mass is 10.0. The van der Waals surface area contributed by atoms with E-state index in [-0.39, 0.29) is 18.0 Å². The number of rotatable bonds is 5. The summed E-state index contributed by atoms with van der Waals surface area (Å²) in [4.78, 5) is 11.5. The number of phenolic OH excluding ortho intramolecular Hbond substituents is 1. The van der Waals surface area contributed by atoms with Gasteiger partial charge in [0.2, 0.25) is 0 Å². The fourth-order valence-corrected chi connectivity index (χ4v) is 4.83. The summed E-state index contributed by atoms with van der Waals surface area (Å²) in [5.41, 5.74) is 3.34. The van der Waals surface area contributed by atoms with Crippen molar-refractivity contribution in [2.45, 2.75) is 33.2 Å². The fraction of sp³-hybridized carbons (Fsp3) is 0.300. The topological polar surface area (TPSA) is 105 Å². The minimum Gasteiger partial charge on any atom is -0.506 e. The van der Waals surface area contributed by atoms with Crippen LogP contribution in [0.2, 0.25) is 0 Å². The normalized spacial score (nSPS) is 15.8. The Bertz CT molecular complexity index is 1220. The molecule has 29 heavy (non-hydrogen) atoms. The number of phenols is 1. The van der Waals surface area contributed by atoms with E-state index in [9.17, 15) is 18.3 Å². The predicted octanol–water partition coefficient (Wildman–Crippen LogP) is 2.17. The van der Waals surface area contributed by atoms with Crippen molar-refractivity contribution in [2.24, 2.45) is 0 Å². The Morgan fingerprint density at radius 3 is 2.59 bits per heavy atom. The first-order valence-corrected chi connectivity index (χ1v) is 10.8. The molecule has 0 unspecified atom stereocenters. The van der Waals surface area contributed by atoms with Gasteiger partial charge in [-0.05, 0) is 61.2 Å². The van der Waals surface area contributed by atoms with Gasteiger partial charge in [0.1, 0.15) is 12.3 Å². The molecule has 0 radical (unpaired) electrons. The van der Waals surface area contributed by atoms with Crippen LogP contribution >= 0.6 is 0 Å². The maximum absolute atomic E-state index is 12.1. The molecule has 0 atom stereocenters. The Hall–Kier alpha value is -3.07. The second-order valence-corrected chi connectivity index (χ2v) is 8.91. The molecule has 0 spiro atoms. The van der Waals surface area contributed by atoms with Crippen molar-refractivity contribution < 1.29 is 18.3 Å².